The Kier molecular flexibility index (Phi) is 8.28. The molecule has 10 nitrogen and oxygen atoms in total. The largest absolute Gasteiger partial charge is 0.488 e. The molecule has 41 heavy (non-hydrogen) atoms. The molecule has 0 aliphatic carbocycles. The number of carbonyl (C=O) groups excluding carboxylic acids is 1. The van der Waals surface area contributed by atoms with E-state index in [0.717, 1.165) is 28.0 Å². The molecule has 0 aliphatic heterocycles. The normalized spacial score (nSPS) is 11.1. The highest BCUT2D eigenvalue weighted by Crippen LogP contribution is 2.36. The third-order valence-corrected chi connectivity index (χ3v) is 6.57. The molecule has 10 heteroatoms. The summed E-state index contributed by atoms with van der Waals surface area (Å²) in [5.41, 5.74) is 15.4. The molecule has 3 aromatic carbocycles. The standard InChI is InChI=1S/C31H31N5O5/c1-19(2)23-15-22(13-14-24-27(28(29(32)37)35-40-24)30-34-31(33)41-36-30)25(38-17-20-9-5-3-6-10-20)16-26(23)39-18-21-11-7-4-8-12-21/h3-12,15-16,19H,13-14,17-18H2,1-2H3,(H2,32,37)(H2,33,34,36). The number of benzene rings is 3. The van der Waals surface area contributed by atoms with Crippen LogP contribution in [-0.4, -0.2) is 21.2 Å². The summed E-state index contributed by atoms with van der Waals surface area (Å²) in [6, 6.07) is 23.9. The van der Waals surface area contributed by atoms with Crippen LogP contribution in [0, 0.1) is 0 Å². The van der Waals surface area contributed by atoms with Crippen LogP contribution in [0.3, 0.4) is 0 Å². The first-order valence-electron chi connectivity index (χ1n) is 13.3. The van der Waals surface area contributed by atoms with Gasteiger partial charge in [-0.25, -0.2) is 0 Å². The summed E-state index contributed by atoms with van der Waals surface area (Å²) in [7, 11) is 0. The molecular formula is C31H31N5O5. The zero-order valence-corrected chi connectivity index (χ0v) is 22.9. The van der Waals surface area contributed by atoms with Crippen molar-refractivity contribution in [2.75, 3.05) is 5.73 Å². The highest BCUT2D eigenvalue weighted by atomic mass is 16.5. The number of ether oxygens (including phenoxy) is 2. The molecule has 0 bridgehead atoms. The molecule has 2 heterocycles. The summed E-state index contributed by atoms with van der Waals surface area (Å²) >= 11 is 0. The molecule has 2 aromatic heterocycles. The molecule has 4 N–H and O–H groups in total. The van der Waals surface area contributed by atoms with Crippen LogP contribution in [0.25, 0.3) is 11.4 Å². The van der Waals surface area contributed by atoms with E-state index in [-0.39, 0.29) is 29.0 Å². The number of rotatable bonds is 12. The Hall–Kier alpha value is -5.12. The number of carbonyl (C=O) groups is 1. The number of nitrogens with zero attached hydrogens (tertiary/aromatic N) is 3. The molecule has 5 rings (SSSR count). The van der Waals surface area contributed by atoms with Gasteiger partial charge in [-0.1, -0.05) is 84.8 Å². The smallest absolute Gasteiger partial charge is 0.319 e. The number of hydrogen-bond donors (Lipinski definition) is 2. The first-order chi connectivity index (χ1) is 19.9. The number of anilines is 1. The first-order valence-corrected chi connectivity index (χ1v) is 13.3. The minimum Gasteiger partial charge on any atom is -0.488 e. The number of nitrogens with two attached hydrogens (primary N) is 2. The van der Waals surface area contributed by atoms with E-state index in [1.165, 1.54) is 0 Å². The van der Waals surface area contributed by atoms with Crippen molar-refractivity contribution in [3.05, 3.63) is 107 Å². The van der Waals surface area contributed by atoms with Crippen molar-refractivity contribution in [3.8, 4) is 22.9 Å². The quantitative estimate of drug-likeness (QED) is 0.205. The number of aromatic nitrogens is 3. The summed E-state index contributed by atoms with van der Waals surface area (Å²) in [4.78, 5) is 16.1. The fraction of sp³-hybridized carbons (Fsp3) is 0.226. The molecule has 0 spiro atoms. The second-order valence-electron chi connectivity index (χ2n) is 9.85. The molecule has 210 valence electrons. The van der Waals surface area contributed by atoms with Gasteiger partial charge in [-0.2, -0.15) is 4.98 Å². The minimum absolute atomic E-state index is 0.0839. The van der Waals surface area contributed by atoms with Crippen molar-refractivity contribution in [1.29, 1.82) is 0 Å². The minimum atomic E-state index is -0.771. The molecule has 0 fully saturated rings. The summed E-state index contributed by atoms with van der Waals surface area (Å²) in [5, 5.41) is 7.69. The molecule has 0 radical (unpaired) electrons. The maximum atomic E-state index is 12.0. The second kappa shape index (κ2) is 12.4. The zero-order valence-electron chi connectivity index (χ0n) is 22.9. The topological polar surface area (TPSA) is 153 Å². The summed E-state index contributed by atoms with van der Waals surface area (Å²) < 4.78 is 23.1. The van der Waals surface area contributed by atoms with E-state index in [2.05, 4.69) is 35.2 Å². The lowest BCUT2D eigenvalue weighted by Crippen LogP contribution is -2.13. The first kappa shape index (κ1) is 27.4. The van der Waals surface area contributed by atoms with Crippen molar-refractivity contribution in [1.82, 2.24) is 15.3 Å². The van der Waals surface area contributed by atoms with Gasteiger partial charge in [-0.15, -0.1) is 0 Å². The van der Waals surface area contributed by atoms with E-state index in [1.54, 1.807) is 0 Å². The van der Waals surface area contributed by atoms with Crippen molar-refractivity contribution in [2.45, 2.75) is 45.8 Å². The van der Waals surface area contributed by atoms with Crippen LogP contribution >= 0.6 is 0 Å². The van der Waals surface area contributed by atoms with Crippen LogP contribution < -0.4 is 20.9 Å². The molecule has 0 atom stereocenters. The van der Waals surface area contributed by atoms with Crippen LogP contribution in [0.4, 0.5) is 6.01 Å². The fourth-order valence-corrected chi connectivity index (χ4v) is 4.48. The van der Waals surface area contributed by atoms with Gasteiger partial charge in [0.15, 0.2) is 5.69 Å². The van der Waals surface area contributed by atoms with Crippen molar-refractivity contribution in [3.63, 3.8) is 0 Å². The van der Waals surface area contributed by atoms with Crippen molar-refractivity contribution in [2.24, 2.45) is 5.73 Å². The van der Waals surface area contributed by atoms with Crippen LogP contribution in [0.2, 0.25) is 0 Å². The highest BCUT2D eigenvalue weighted by Gasteiger charge is 2.26. The molecule has 1 amide bonds. The third-order valence-electron chi connectivity index (χ3n) is 6.57. The van der Waals surface area contributed by atoms with Gasteiger partial charge in [0.1, 0.15) is 30.5 Å². The predicted molar refractivity (Wildman–Crippen MR) is 152 cm³/mol. The van der Waals surface area contributed by atoms with Gasteiger partial charge in [0.2, 0.25) is 5.82 Å². The maximum absolute atomic E-state index is 12.0. The van der Waals surface area contributed by atoms with E-state index in [9.17, 15) is 4.79 Å². The van der Waals surface area contributed by atoms with E-state index in [0.29, 0.717) is 37.6 Å². The monoisotopic (exact) mass is 553 g/mol. The van der Waals surface area contributed by atoms with Gasteiger partial charge in [0.25, 0.3) is 5.91 Å². The maximum Gasteiger partial charge on any atom is 0.319 e. The Morgan fingerprint density at radius 3 is 2.05 bits per heavy atom. The lowest BCUT2D eigenvalue weighted by molar-refractivity contribution is 0.0992. The van der Waals surface area contributed by atoms with Gasteiger partial charge in [-0.05, 0) is 40.7 Å². The average molecular weight is 554 g/mol. The molecule has 0 saturated heterocycles. The summed E-state index contributed by atoms with van der Waals surface area (Å²) in [6.07, 6.45) is 0.851. The Balaban J connectivity index is 1.47. The fourth-order valence-electron chi connectivity index (χ4n) is 4.48. The number of aryl methyl sites for hydroxylation is 2. The van der Waals surface area contributed by atoms with Gasteiger partial charge in [0, 0.05) is 12.5 Å². The van der Waals surface area contributed by atoms with Gasteiger partial charge >= 0.3 is 6.01 Å². The molecule has 0 saturated carbocycles. The van der Waals surface area contributed by atoms with Crippen LogP contribution in [0.1, 0.15) is 58.3 Å². The lowest BCUT2D eigenvalue weighted by atomic mass is 9.96. The van der Waals surface area contributed by atoms with Crippen LogP contribution in [0.5, 0.6) is 11.5 Å². The highest BCUT2D eigenvalue weighted by molar-refractivity contribution is 5.97. The molecule has 0 aliphatic rings. The Bertz CT molecular complexity index is 1610. The van der Waals surface area contributed by atoms with E-state index in [1.807, 2.05) is 66.7 Å². The van der Waals surface area contributed by atoms with Gasteiger partial charge < -0.3 is 30.0 Å². The van der Waals surface area contributed by atoms with E-state index >= 15 is 0 Å². The Morgan fingerprint density at radius 2 is 1.49 bits per heavy atom. The number of hydrogen-bond acceptors (Lipinski definition) is 9. The average Bonchev–Trinajstić information content (AvgIpc) is 3.61. The zero-order chi connectivity index (χ0) is 28.8. The van der Waals surface area contributed by atoms with Crippen molar-refractivity contribution >= 4 is 11.9 Å². The molecule has 5 aromatic rings. The molecule has 0 unspecified atom stereocenters. The number of amides is 1. The lowest BCUT2D eigenvalue weighted by Gasteiger charge is -2.20. The van der Waals surface area contributed by atoms with Gasteiger partial charge in [0.05, 0.1) is 5.56 Å². The SMILES string of the molecule is CC(C)c1cc(CCc2onc(C(N)=O)c2-c2noc(N)n2)c(OCc2ccccc2)cc1OCc1ccccc1. The number of nitrogen functional groups attached to an aromatic ring is 1. The summed E-state index contributed by atoms with van der Waals surface area (Å²) in [6.45, 7) is 5.05. The Labute approximate surface area is 237 Å². The predicted octanol–water partition coefficient (Wildman–Crippen LogP) is 5.47. The number of primary amides is 1. The summed E-state index contributed by atoms with van der Waals surface area (Å²) in [5.74, 6) is 1.32. The van der Waals surface area contributed by atoms with Crippen LogP contribution in [-0.2, 0) is 26.1 Å². The van der Waals surface area contributed by atoms with Crippen molar-refractivity contribution < 1.29 is 23.3 Å². The third kappa shape index (κ3) is 6.55. The van der Waals surface area contributed by atoms with Gasteiger partial charge in [-0.3, -0.25) is 4.79 Å². The van der Waals surface area contributed by atoms with E-state index in [4.69, 9.17) is 30.0 Å². The van der Waals surface area contributed by atoms with Crippen LogP contribution in [0.15, 0.2) is 81.8 Å². The Morgan fingerprint density at radius 1 is 0.854 bits per heavy atom. The molecular weight excluding hydrogens is 522 g/mol. The second-order valence-corrected chi connectivity index (χ2v) is 9.85. The van der Waals surface area contributed by atoms with E-state index < -0.39 is 5.91 Å².